The van der Waals surface area contributed by atoms with E-state index in [0.717, 1.165) is 11.1 Å². The summed E-state index contributed by atoms with van der Waals surface area (Å²) in [6.45, 7) is 7.16. The maximum absolute atomic E-state index is 12.5. The molecule has 0 saturated heterocycles. The molecule has 0 spiro atoms. The van der Waals surface area contributed by atoms with Crippen LogP contribution in [0.3, 0.4) is 0 Å². The van der Waals surface area contributed by atoms with Gasteiger partial charge in [-0.3, -0.25) is 4.79 Å². The zero-order valence-electron chi connectivity index (χ0n) is 12.4. The molecule has 1 amide bonds. The predicted molar refractivity (Wildman–Crippen MR) is 78.8 cm³/mol. The summed E-state index contributed by atoms with van der Waals surface area (Å²) in [6, 6.07) is 3.34. The monoisotopic (exact) mass is 307 g/mol. The molecular formula is C15H17NO4S. The first-order valence-electron chi connectivity index (χ1n) is 6.41. The molecule has 0 radical (unpaired) electrons. The van der Waals surface area contributed by atoms with Crippen LogP contribution in [0.1, 0.15) is 32.6 Å². The fourth-order valence-electron chi connectivity index (χ4n) is 2.21. The maximum Gasteiger partial charge on any atom is 0.268 e. The number of furan rings is 1. The van der Waals surface area contributed by atoms with E-state index in [9.17, 15) is 13.2 Å². The fourth-order valence-corrected chi connectivity index (χ4v) is 3.80. The van der Waals surface area contributed by atoms with Crippen LogP contribution in [0.25, 0.3) is 0 Å². The van der Waals surface area contributed by atoms with Crippen molar-refractivity contribution in [2.75, 3.05) is 0 Å². The Hall–Kier alpha value is -2.08. The van der Waals surface area contributed by atoms with Gasteiger partial charge in [0, 0.05) is 0 Å². The molecule has 0 fully saturated rings. The van der Waals surface area contributed by atoms with Crippen LogP contribution in [0.5, 0.6) is 0 Å². The molecule has 2 aromatic rings. The van der Waals surface area contributed by atoms with Crippen molar-refractivity contribution in [3.63, 3.8) is 0 Å². The Labute approximate surface area is 124 Å². The molecule has 1 aromatic heterocycles. The molecule has 6 heteroatoms. The highest BCUT2D eigenvalue weighted by molar-refractivity contribution is 7.90. The van der Waals surface area contributed by atoms with Crippen molar-refractivity contribution >= 4 is 15.9 Å². The Bertz CT molecular complexity index is 763. The van der Waals surface area contributed by atoms with Crippen LogP contribution in [0.15, 0.2) is 34.0 Å². The van der Waals surface area contributed by atoms with Gasteiger partial charge in [0.05, 0.1) is 16.7 Å². The Morgan fingerprint density at radius 2 is 1.67 bits per heavy atom. The number of benzene rings is 1. The minimum absolute atomic E-state index is 0.164. The SMILES string of the molecule is Cc1cc(C)c(C)c(S(=O)(=O)NC(=O)c2ccoc2)c1C. The number of hydrogen-bond donors (Lipinski definition) is 1. The molecule has 0 aliphatic carbocycles. The van der Waals surface area contributed by atoms with Gasteiger partial charge in [-0.15, -0.1) is 0 Å². The molecule has 21 heavy (non-hydrogen) atoms. The van der Waals surface area contributed by atoms with Gasteiger partial charge in [0.1, 0.15) is 6.26 Å². The smallest absolute Gasteiger partial charge is 0.268 e. The number of rotatable bonds is 3. The lowest BCUT2D eigenvalue weighted by Crippen LogP contribution is -2.31. The first kappa shape index (κ1) is 15.3. The summed E-state index contributed by atoms with van der Waals surface area (Å²) in [5.74, 6) is -0.707. The summed E-state index contributed by atoms with van der Waals surface area (Å²) in [5, 5.41) is 0. The third-order valence-electron chi connectivity index (χ3n) is 3.58. The highest BCUT2D eigenvalue weighted by atomic mass is 32.2. The average Bonchev–Trinajstić information content (AvgIpc) is 2.89. The summed E-state index contributed by atoms with van der Waals surface area (Å²) in [4.78, 5) is 12.1. The molecule has 1 aromatic carbocycles. The summed E-state index contributed by atoms with van der Waals surface area (Å²) in [7, 11) is -3.93. The van der Waals surface area contributed by atoms with Gasteiger partial charge < -0.3 is 4.42 Å². The van der Waals surface area contributed by atoms with Crippen LogP contribution in [0, 0.1) is 27.7 Å². The van der Waals surface area contributed by atoms with Crippen LogP contribution in [0.2, 0.25) is 0 Å². The van der Waals surface area contributed by atoms with Crippen LogP contribution in [-0.2, 0) is 10.0 Å². The normalized spacial score (nSPS) is 11.4. The lowest BCUT2D eigenvalue weighted by molar-refractivity contribution is 0.0981. The second kappa shape index (κ2) is 5.37. The van der Waals surface area contributed by atoms with Gasteiger partial charge in [-0.25, -0.2) is 13.1 Å². The molecule has 5 nitrogen and oxygen atoms in total. The van der Waals surface area contributed by atoms with E-state index in [1.54, 1.807) is 13.8 Å². The van der Waals surface area contributed by atoms with Crippen LogP contribution in [0.4, 0.5) is 0 Å². The first-order chi connectivity index (χ1) is 9.74. The van der Waals surface area contributed by atoms with Crippen molar-refractivity contribution in [1.29, 1.82) is 0 Å². The van der Waals surface area contributed by atoms with Crippen molar-refractivity contribution in [2.45, 2.75) is 32.6 Å². The van der Waals surface area contributed by atoms with Crippen molar-refractivity contribution in [2.24, 2.45) is 0 Å². The number of amides is 1. The number of nitrogens with one attached hydrogen (secondary N) is 1. The zero-order valence-corrected chi connectivity index (χ0v) is 13.2. The maximum atomic E-state index is 12.5. The Kier molecular flexibility index (Phi) is 3.91. The fraction of sp³-hybridized carbons (Fsp3) is 0.267. The zero-order chi connectivity index (χ0) is 15.8. The van der Waals surface area contributed by atoms with Crippen molar-refractivity contribution in [1.82, 2.24) is 4.72 Å². The standard InChI is InChI=1S/C15H17NO4S/c1-9-7-10(2)12(4)14(11(9)3)21(18,19)16-15(17)13-5-6-20-8-13/h5-8H,1-4H3,(H,16,17). The highest BCUT2D eigenvalue weighted by Gasteiger charge is 2.24. The summed E-state index contributed by atoms with van der Waals surface area (Å²) >= 11 is 0. The quantitative estimate of drug-likeness (QED) is 0.945. The third-order valence-corrected chi connectivity index (χ3v) is 5.18. The summed E-state index contributed by atoms with van der Waals surface area (Å²) < 4.78 is 31.9. The van der Waals surface area contributed by atoms with Gasteiger partial charge in [0.2, 0.25) is 0 Å². The van der Waals surface area contributed by atoms with Gasteiger partial charge >= 0.3 is 0 Å². The van der Waals surface area contributed by atoms with E-state index < -0.39 is 15.9 Å². The van der Waals surface area contributed by atoms with Crippen LogP contribution < -0.4 is 4.72 Å². The average molecular weight is 307 g/mol. The molecule has 0 aliphatic heterocycles. The van der Waals surface area contributed by atoms with Crippen LogP contribution in [-0.4, -0.2) is 14.3 Å². The summed E-state index contributed by atoms with van der Waals surface area (Å²) in [6.07, 6.45) is 2.51. The molecule has 0 saturated carbocycles. The van der Waals surface area contributed by atoms with E-state index in [4.69, 9.17) is 4.42 Å². The number of carbonyl (C=O) groups excluding carboxylic acids is 1. The lowest BCUT2D eigenvalue weighted by Gasteiger charge is -2.15. The van der Waals surface area contributed by atoms with Crippen LogP contribution >= 0.6 is 0 Å². The Morgan fingerprint density at radius 3 is 2.14 bits per heavy atom. The second-order valence-electron chi connectivity index (χ2n) is 5.04. The molecule has 1 heterocycles. The number of sulfonamides is 1. The largest absolute Gasteiger partial charge is 0.472 e. The van der Waals surface area contributed by atoms with Crippen molar-refractivity contribution in [3.05, 3.63) is 52.5 Å². The molecule has 112 valence electrons. The molecule has 0 unspecified atom stereocenters. The van der Waals surface area contributed by atoms with Gasteiger partial charge in [-0.1, -0.05) is 6.07 Å². The van der Waals surface area contributed by atoms with E-state index in [0.29, 0.717) is 11.1 Å². The number of aryl methyl sites for hydroxylation is 2. The van der Waals surface area contributed by atoms with Gasteiger partial charge in [0.25, 0.3) is 15.9 Å². The van der Waals surface area contributed by atoms with Crippen molar-refractivity contribution < 1.29 is 17.6 Å². The van der Waals surface area contributed by atoms with E-state index in [1.165, 1.54) is 18.6 Å². The molecular weight excluding hydrogens is 290 g/mol. The van der Waals surface area contributed by atoms with Gasteiger partial charge in [-0.05, 0) is 56.0 Å². The van der Waals surface area contributed by atoms with E-state index in [1.807, 2.05) is 19.9 Å². The predicted octanol–water partition coefficient (Wildman–Crippen LogP) is 2.63. The minimum atomic E-state index is -3.93. The lowest BCUT2D eigenvalue weighted by atomic mass is 10.0. The topological polar surface area (TPSA) is 76.4 Å². The van der Waals surface area contributed by atoms with E-state index >= 15 is 0 Å². The number of hydrogen-bond acceptors (Lipinski definition) is 4. The minimum Gasteiger partial charge on any atom is -0.472 e. The van der Waals surface area contributed by atoms with Gasteiger partial charge in [-0.2, -0.15) is 0 Å². The molecule has 0 aliphatic rings. The number of carbonyl (C=O) groups is 1. The molecule has 1 N–H and O–H groups in total. The third kappa shape index (κ3) is 2.85. The van der Waals surface area contributed by atoms with E-state index in [-0.39, 0.29) is 10.5 Å². The first-order valence-corrected chi connectivity index (χ1v) is 7.89. The highest BCUT2D eigenvalue weighted by Crippen LogP contribution is 2.26. The van der Waals surface area contributed by atoms with Gasteiger partial charge in [0.15, 0.2) is 0 Å². The van der Waals surface area contributed by atoms with E-state index in [2.05, 4.69) is 4.72 Å². The molecule has 0 bridgehead atoms. The Balaban J connectivity index is 2.48. The summed E-state index contributed by atoms with van der Waals surface area (Å²) in [5.41, 5.74) is 3.19. The molecule has 0 atom stereocenters. The second-order valence-corrected chi connectivity index (χ2v) is 6.66. The Morgan fingerprint density at radius 1 is 1.10 bits per heavy atom. The molecule has 2 rings (SSSR count). The van der Waals surface area contributed by atoms with Crippen molar-refractivity contribution in [3.8, 4) is 0 Å².